The van der Waals surface area contributed by atoms with Gasteiger partial charge >= 0.3 is 5.97 Å². The van der Waals surface area contributed by atoms with Crippen LogP contribution in [0.3, 0.4) is 0 Å². The molecule has 0 bridgehead atoms. The normalized spacial score (nSPS) is 14.8. The second-order valence-electron chi connectivity index (χ2n) is 7.04. The maximum Gasteiger partial charge on any atom is 0.364 e. The summed E-state index contributed by atoms with van der Waals surface area (Å²) < 4.78 is 0. The first-order chi connectivity index (χ1) is 12.4. The smallest absolute Gasteiger partial charge is 0.364 e. The number of carbonyl (C=O) groups is 1. The van der Waals surface area contributed by atoms with Gasteiger partial charge < -0.3 is 15.3 Å². The van der Waals surface area contributed by atoms with E-state index in [4.69, 9.17) is 5.11 Å². The summed E-state index contributed by atoms with van der Waals surface area (Å²) in [5.74, 6) is -4.35. The van der Waals surface area contributed by atoms with E-state index in [1.165, 1.54) is 43.3 Å². The Hall–Kier alpha value is -1.61. The Morgan fingerprint density at radius 2 is 1.96 bits per heavy atom. The minimum Gasteiger partial charge on any atom is -0.477 e. The Kier molecular flexibility index (Phi) is 10.3. The summed E-state index contributed by atoms with van der Waals surface area (Å²) in [5, 5.41) is 27.8. The zero-order valence-corrected chi connectivity index (χ0v) is 16.3. The molecule has 0 radical (unpaired) electrons. The molecule has 1 rings (SSSR count). The van der Waals surface area contributed by atoms with E-state index < -0.39 is 11.8 Å². The van der Waals surface area contributed by atoms with Gasteiger partial charge in [0.2, 0.25) is 0 Å². The first-order valence-electron chi connectivity index (χ1n) is 9.89. The van der Waals surface area contributed by atoms with Crippen molar-refractivity contribution in [1.29, 1.82) is 0 Å². The van der Waals surface area contributed by atoms with Crippen molar-refractivity contribution < 1.29 is 20.1 Å². The molecule has 0 atom stereocenters. The number of carboxylic acids is 1. The van der Waals surface area contributed by atoms with Gasteiger partial charge in [0.1, 0.15) is 0 Å². The average Bonchev–Trinajstić information content (AvgIpc) is 3.04. The largest absolute Gasteiger partial charge is 0.477 e. The molecule has 0 aromatic carbocycles. The van der Waals surface area contributed by atoms with Crippen molar-refractivity contribution in [3.8, 4) is 0 Å². The van der Waals surface area contributed by atoms with E-state index in [1.54, 1.807) is 0 Å². The summed E-state index contributed by atoms with van der Waals surface area (Å²) in [6.45, 7) is 4.08. The molecule has 0 fully saturated rings. The van der Waals surface area contributed by atoms with Gasteiger partial charge in [0.15, 0.2) is 0 Å². The number of hydrogen-bond acceptors (Lipinski definition) is 3. The Bertz CT molecular complexity index is 575. The number of aliphatic carboxylic acids is 1. The fraction of sp³-hybridized carbons (Fsp3) is 0.636. The zero-order valence-electron chi connectivity index (χ0n) is 16.3. The number of allylic oxidation sites excluding steroid dienone is 4. The van der Waals surface area contributed by atoms with Gasteiger partial charge in [-0.25, -0.2) is 4.79 Å². The highest BCUT2D eigenvalue weighted by molar-refractivity contribution is 5.75. The SMILES string of the molecule is CCCCCCC=CC1=C(CC=C=C(CC)CC(O)(O)C(=O)O)CCC1. The highest BCUT2D eigenvalue weighted by atomic mass is 16.5. The second kappa shape index (κ2) is 11.9. The first kappa shape index (κ1) is 22.4. The molecule has 0 amide bonds. The average molecular weight is 363 g/mol. The molecule has 0 spiro atoms. The summed E-state index contributed by atoms with van der Waals surface area (Å²) in [5.41, 5.74) is 6.50. The van der Waals surface area contributed by atoms with E-state index in [9.17, 15) is 15.0 Å². The lowest BCUT2D eigenvalue weighted by Gasteiger charge is -2.16. The van der Waals surface area contributed by atoms with Crippen molar-refractivity contribution in [2.24, 2.45) is 0 Å². The molecule has 1 aliphatic rings. The molecule has 3 N–H and O–H groups in total. The Balaban J connectivity index is 2.64. The lowest BCUT2D eigenvalue weighted by Crippen LogP contribution is -2.38. The van der Waals surface area contributed by atoms with Crippen LogP contribution >= 0.6 is 0 Å². The maximum atomic E-state index is 10.8. The van der Waals surface area contributed by atoms with Crippen LogP contribution in [0.4, 0.5) is 0 Å². The van der Waals surface area contributed by atoms with Crippen molar-refractivity contribution >= 4 is 5.97 Å². The molecule has 146 valence electrons. The number of rotatable bonds is 12. The zero-order chi connectivity index (χ0) is 19.4. The van der Waals surface area contributed by atoms with Crippen LogP contribution in [-0.4, -0.2) is 27.1 Å². The van der Waals surface area contributed by atoms with E-state index in [0.717, 1.165) is 25.7 Å². The van der Waals surface area contributed by atoms with Crippen molar-refractivity contribution in [3.05, 3.63) is 40.7 Å². The number of hydrogen-bond donors (Lipinski definition) is 3. The first-order valence-corrected chi connectivity index (χ1v) is 9.89. The number of aliphatic hydroxyl groups is 2. The summed E-state index contributed by atoms with van der Waals surface area (Å²) in [7, 11) is 0. The van der Waals surface area contributed by atoms with Gasteiger partial charge in [-0.15, -0.1) is 5.73 Å². The van der Waals surface area contributed by atoms with Gasteiger partial charge in [0.25, 0.3) is 5.79 Å². The third-order valence-electron chi connectivity index (χ3n) is 4.81. The van der Waals surface area contributed by atoms with Crippen LogP contribution in [0, 0.1) is 0 Å². The molecule has 0 unspecified atom stereocenters. The van der Waals surface area contributed by atoms with Gasteiger partial charge in [0, 0.05) is 6.42 Å². The molecule has 0 heterocycles. The van der Waals surface area contributed by atoms with Gasteiger partial charge in [-0.2, -0.15) is 0 Å². The number of unbranched alkanes of at least 4 members (excludes halogenated alkanes) is 4. The van der Waals surface area contributed by atoms with Crippen LogP contribution in [0.1, 0.15) is 84.5 Å². The van der Waals surface area contributed by atoms with Crippen LogP contribution < -0.4 is 0 Å². The molecule has 0 saturated carbocycles. The van der Waals surface area contributed by atoms with Crippen LogP contribution in [0.25, 0.3) is 0 Å². The quantitative estimate of drug-likeness (QED) is 0.258. The summed E-state index contributed by atoms with van der Waals surface area (Å²) in [6.07, 6.45) is 17.1. The van der Waals surface area contributed by atoms with Gasteiger partial charge in [-0.1, -0.05) is 50.8 Å². The van der Waals surface area contributed by atoms with Crippen LogP contribution in [0.15, 0.2) is 40.7 Å². The molecule has 4 nitrogen and oxygen atoms in total. The van der Waals surface area contributed by atoms with Crippen LogP contribution in [0.2, 0.25) is 0 Å². The molecule has 0 aliphatic heterocycles. The van der Waals surface area contributed by atoms with E-state index in [0.29, 0.717) is 12.0 Å². The highest BCUT2D eigenvalue weighted by Gasteiger charge is 2.33. The monoisotopic (exact) mass is 362 g/mol. The van der Waals surface area contributed by atoms with E-state index >= 15 is 0 Å². The maximum absolute atomic E-state index is 10.8. The minimum atomic E-state index is -2.72. The second-order valence-corrected chi connectivity index (χ2v) is 7.04. The molecule has 4 heteroatoms. The van der Waals surface area contributed by atoms with Crippen molar-refractivity contribution in [1.82, 2.24) is 0 Å². The summed E-state index contributed by atoms with van der Waals surface area (Å²) >= 11 is 0. The predicted octanol–water partition coefficient (Wildman–Crippen LogP) is 5.03. The predicted molar refractivity (Wildman–Crippen MR) is 105 cm³/mol. The molecular formula is C22H34O4. The minimum absolute atomic E-state index is 0.321. The number of carboxylic acid groups (broad SMARTS) is 1. The van der Waals surface area contributed by atoms with E-state index in [1.807, 2.05) is 13.0 Å². The van der Waals surface area contributed by atoms with Crippen molar-refractivity contribution in [3.63, 3.8) is 0 Å². The Morgan fingerprint density at radius 1 is 1.19 bits per heavy atom. The van der Waals surface area contributed by atoms with Gasteiger partial charge in [-0.3, -0.25) is 0 Å². The van der Waals surface area contributed by atoms with Crippen LogP contribution in [0.5, 0.6) is 0 Å². The summed E-state index contributed by atoms with van der Waals surface area (Å²) in [6, 6.07) is 0. The molecule has 26 heavy (non-hydrogen) atoms. The third kappa shape index (κ3) is 8.18. The molecule has 0 saturated heterocycles. The lowest BCUT2D eigenvalue weighted by atomic mass is 10.0. The molecule has 0 aromatic heterocycles. The standard InChI is InChI=1S/C22H34O4/c1-3-5-6-7-8-9-13-19-15-11-16-20(19)14-10-12-18(4-2)17-22(25,26)21(23)24/h9-10,13,25-26H,3-8,11,14-17H2,1-2H3,(H,23,24). The Morgan fingerprint density at radius 3 is 2.62 bits per heavy atom. The molecule has 1 aliphatic carbocycles. The Labute approximate surface area is 157 Å². The van der Waals surface area contributed by atoms with E-state index in [2.05, 4.69) is 24.8 Å². The fourth-order valence-electron chi connectivity index (χ4n) is 3.15. The van der Waals surface area contributed by atoms with Crippen molar-refractivity contribution in [2.45, 2.75) is 90.3 Å². The van der Waals surface area contributed by atoms with Gasteiger partial charge in [0.05, 0.1) is 0 Å². The van der Waals surface area contributed by atoms with E-state index in [-0.39, 0.29) is 6.42 Å². The topological polar surface area (TPSA) is 77.8 Å². The van der Waals surface area contributed by atoms with Gasteiger partial charge in [-0.05, 0) is 62.2 Å². The fourth-order valence-corrected chi connectivity index (χ4v) is 3.15. The molecular weight excluding hydrogens is 328 g/mol. The highest BCUT2D eigenvalue weighted by Crippen LogP contribution is 2.29. The molecule has 0 aromatic rings. The third-order valence-corrected chi connectivity index (χ3v) is 4.81. The summed E-state index contributed by atoms with van der Waals surface area (Å²) in [4.78, 5) is 10.8. The van der Waals surface area contributed by atoms with Crippen molar-refractivity contribution in [2.75, 3.05) is 0 Å². The lowest BCUT2D eigenvalue weighted by molar-refractivity contribution is -0.202. The van der Waals surface area contributed by atoms with Crippen LogP contribution in [-0.2, 0) is 4.79 Å².